The zero-order chi connectivity index (χ0) is 35.1. The highest BCUT2D eigenvalue weighted by molar-refractivity contribution is 7.52. The second-order valence-corrected chi connectivity index (χ2v) is 13.4. The standard InChI is InChI=1S/C32H41N6O10P/c1-19(30(40)45-23-13-6-5-7-14-23)37-49(43,48-25-16-10-12-22-11-8-9-15-24(22)25)47-21(3)27(20(2)39)46-32(42)38-18-35-26-28(36-31(41)44-4)33-17-34-29(26)38/h8-12,15-21,23,27,32,39,42H,5-7,13-14H2,1-4H3,(H,37,43)(H,33,34,36,41)/t19?,20?,21?,27-,32?,49?/m0/s1. The summed E-state index contributed by atoms with van der Waals surface area (Å²) in [5, 5.41) is 28.4. The average molecular weight is 701 g/mol. The van der Waals surface area contributed by atoms with Crippen LogP contribution < -0.4 is 14.9 Å². The molecule has 264 valence electrons. The van der Waals surface area contributed by atoms with E-state index < -0.39 is 50.6 Å². The van der Waals surface area contributed by atoms with E-state index in [-0.39, 0.29) is 28.8 Å². The number of hydrogen-bond donors (Lipinski definition) is 4. The molecule has 0 spiro atoms. The molecule has 1 amide bonds. The Hall–Kier alpha value is -4.18. The minimum atomic E-state index is -4.44. The number of methoxy groups -OCH3 is 1. The van der Waals surface area contributed by atoms with E-state index >= 15 is 0 Å². The van der Waals surface area contributed by atoms with Gasteiger partial charge < -0.3 is 28.9 Å². The maximum atomic E-state index is 14.6. The van der Waals surface area contributed by atoms with Crippen molar-refractivity contribution in [1.29, 1.82) is 0 Å². The quantitative estimate of drug-likeness (QED) is 0.0791. The Kier molecular flexibility index (Phi) is 11.8. The van der Waals surface area contributed by atoms with E-state index in [2.05, 4.69) is 30.1 Å². The second kappa shape index (κ2) is 16.0. The molecular formula is C32H41N6O10P. The molecule has 16 nitrogen and oxygen atoms in total. The molecule has 6 atom stereocenters. The van der Waals surface area contributed by atoms with Crippen LogP contribution in [0.5, 0.6) is 5.75 Å². The Bertz CT molecular complexity index is 1790. The lowest BCUT2D eigenvalue weighted by Crippen LogP contribution is -2.42. The Balaban J connectivity index is 1.38. The lowest BCUT2D eigenvalue weighted by molar-refractivity contribution is -0.221. The molecule has 4 N–H and O–H groups in total. The number of aliphatic hydroxyl groups is 2. The number of hydrogen-bond acceptors (Lipinski definition) is 13. The Morgan fingerprint density at radius 3 is 2.47 bits per heavy atom. The third kappa shape index (κ3) is 8.90. The lowest BCUT2D eigenvalue weighted by Gasteiger charge is -2.32. The molecule has 2 aromatic carbocycles. The van der Waals surface area contributed by atoms with Gasteiger partial charge in [0.25, 0.3) is 0 Å². The van der Waals surface area contributed by atoms with Gasteiger partial charge in [0.2, 0.25) is 6.41 Å². The molecule has 0 aliphatic heterocycles. The van der Waals surface area contributed by atoms with Gasteiger partial charge in [0.15, 0.2) is 17.0 Å². The number of esters is 1. The number of imidazole rings is 1. The molecule has 0 saturated heterocycles. The second-order valence-electron chi connectivity index (χ2n) is 11.8. The van der Waals surface area contributed by atoms with E-state index in [9.17, 15) is 24.4 Å². The van der Waals surface area contributed by atoms with Crippen LogP contribution in [-0.4, -0.2) is 79.4 Å². The fraction of sp³-hybridized carbons (Fsp3) is 0.469. The molecular weight excluding hydrogens is 659 g/mol. The Labute approximate surface area is 282 Å². The van der Waals surface area contributed by atoms with Gasteiger partial charge in [-0.25, -0.2) is 24.3 Å². The summed E-state index contributed by atoms with van der Waals surface area (Å²) in [4.78, 5) is 37.1. The van der Waals surface area contributed by atoms with Crippen molar-refractivity contribution >= 4 is 47.6 Å². The van der Waals surface area contributed by atoms with E-state index in [0.29, 0.717) is 5.39 Å². The van der Waals surface area contributed by atoms with Crippen LogP contribution in [0.15, 0.2) is 55.1 Å². The lowest BCUT2D eigenvalue weighted by atomic mass is 9.98. The van der Waals surface area contributed by atoms with Gasteiger partial charge in [-0.05, 0) is 57.9 Å². The Morgan fingerprint density at radius 1 is 1.00 bits per heavy atom. The molecule has 5 rings (SSSR count). The van der Waals surface area contributed by atoms with Gasteiger partial charge in [0.05, 0.1) is 19.3 Å². The molecule has 1 aliphatic rings. The molecule has 1 aliphatic carbocycles. The van der Waals surface area contributed by atoms with Crippen LogP contribution in [0, 0.1) is 0 Å². The van der Waals surface area contributed by atoms with Crippen LogP contribution >= 0.6 is 7.75 Å². The average Bonchev–Trinajstić information content (AvgIpc) is 3.52. The summed E-state index contributed by atoms with van der Waals surface area (Å²) >= 11 is 0. The topological polar surface area (TPSA) is 205 Å². The van der Waals surface area contributed by atoms with Gasteiger partial charge in [-0.3, -0.25) is 19.2 Å². The number of amides is 1. The van der Waals surface area contributed by atoms with Crippen LogP contribution in [0.25, 0.3) is 21.9 Å². The minimum Gasteiger partial charge on any atom is -0.461 e. The summed E-state index contributed by atoms with van der Waals surface area (Å²) in [5.41, 5.74) is 0.212. The van der Waals surface area contributed by atoms with Crippen molar-refractivity contribution < 1.29 is 47.6 Å². The number of nitrogens with zero attached hydrogens (tertiary/aromatic N) is 4. The molecule has 2 aromatic heterocycles. The number of rotatable bonds is 14. The van der Waals surface area contributed by atoms with Gasteiger partial charge in [0, 0.05) is 5.39 Å². The largest absolute Gasteiger partial charge is 0.461 e. The predicted octanol–water partition coefficient (Wildman–Crippen LogP) is 4.82. The van der Waals surface area contributed by atoms with E-state index in [1.165, 1.54) is 34.2 Å². The first-order valence-electron chi connectivity index (χ1n) is 16.0. The van der Waals surface area contributed by atoms with Gasteiger partial charge in [-0.15, -0.1) is 0 Å². The first-order chi connectivity index (χ1) is 23.5. The van der Waals surface area contributed by atoms with Crippen molar-refractivity contribution in [2.24, 2.45) is 0 Å². The van der Waals surface area contributed by atoms with Crippen molar-refractivity contribution in [3.8, 4) is 5.75 Å². The van der Waals surface area contributed by atoms with E-state index in [4.69, 9.17) is 18.5 Å². The number of aromatic nitrogens is 4. The molecule has 5 unspecified atom stereocenters. The molecule has 17 heteroatoms. The third-order valence-corrected chi connectivity index (χ3v) is 9.78. The van der Waals surface area contributed by atoms with Gasteiger partial charge in [0.1, 0.15) is 36.7 Å². The monoisotopic (exact) mass is 700 g/mol. The van der Waals surface area contributed by atoms with Crippen molar-refractivity contribution in [1.82, 2.24) is 24.6 Å². The summed E-state index contributed by atoms with van der Waals surface area (Å²) < 4.78 is 43.9. The van der Waals surface area contributed by atoms with Crippen molar-refractivity contribution in [3.63, 3.8) is 0 Å². The van der Waals surface area contributed by atoms with Crippen LogP contribution in [0.4, 0.5) is 10.6 Å². The molecule has 0 radical (unpaired) electrons. The zero-order valence-electron chi connectivity index (χ0n) is 27.6. The van der Waals surface area contributed by atoms with Crippen LogP contribution in [0.1, 0.15) is 59.3 Å². The molecule has 49 heavy (non-hydrogen) atoms. The number of nitrogens with one attached hydrogen (secondary N) is 2. The highest BCUT2D eigenvalue weighted by Gasteiger charge is 2.39. The summed E-state index contributed by atoms with van der Waals surface area (Å²) in [7, 11) is -3.25. The molecule has 4 aromatic rings. The molecule has 2 heterocycles. The normalized spacial score (nSPS) is 18.2. The fourth-order valence-electron chi connectivity index (χ4n) is 5.58. The highest BCUT2D eigenvalue weighted by Crippen LogP contribution is 2.48. The summed E-state index contributed by atoms with van der Waals surface area (Å²) in [5.74, 6) is -0.358. The maximum absolute atomic E-state index is 14.6. The van der Waals surface area contributed by atoms with E-state index in [0.717, 1.165) is 48.4 Å². The van der Waals surface area contributed by atoms with E-state index in [1.807, 2.05) is 18.2 Å². The molecule has 1 fully saturated rings. The van der Waals surface area contributed by atoms with Gasteiger partial charge in [-0.1, -0.05) is 42.8 Å². The summed E-state index contributed by atoms with van der Waals surface area (Å²) in [6.45, 7) is 4.38. The van der Waals surface area contributed by atoms with Crippen molar-refractivity contribution in [2.75, 3.05) is 12.4 Å². The summed E-state index contributed by atoms with van der Waals surface area (Å²) in [6, 6.07) is 11.4. The van der Waals surface area contributed by atoms with Crippen molar-refractivity contribution in [3.05, 3.63) is 55.1 Å². The first-order valence-corrected chi connectivity index (χ1v) is 17.5. The van der Waals surface area contributed by atoms with Gasteiger partial charge in [-0.2, -0.15) is 5.09 Å². The number of carbonyl (C=O) groups is 2. The predicted molar refractivity (Wildman–Crippen MR) is 177 cm³/mol. The third-order valence-electron chi connectivity index (χ3n) is 8.03. The summed E-state index contributed by atoms with van der Waals surface area (Å²) in [6.07, 6.45) is 0.284. The maximum Gasteiger partial charge on any atom is 0.459 e. The molecule has 0 bridgehead atoms. The molecule has 1 saturated carbocycles. The van der Waals surface area contributed by atoms with E-state index in [1.54, 1.807) is 24.3 Å². The van der Waals surface area contributed by atoms with Crippen LogP contribution in [0.3, 0.4) is 0 Å². The number of ether oxygens (including phenoxy) is 3. The fourth-order valence-corrected chi connectivity index (χ4v) is 7.29. The smallest absolute Gasteiger partial charge is 0.459 e. The minimum absolute atomic E-state index is 0.0281. The SMILES string of the molecule is COC(=O)Nc1ncnc2c1ncn2C(O)O[C@@H](C(C)O)C(C)OP(=O)(NC(C)C(=O)OC1CCCCC1)Oc1cccc2ccccc12. The number of anilines is 1. The number of carbonyl (C=O) groups excluding carboxylic acids is 2. The van der Waals surface area contributed by atoms with Crippen LogP contribution in [-0.2, 0) is 28.1 Å². The number of benzene rings is 2. The first kappa shape index (κ1) is 36.1. The van der Waals surface area contributed by atoms with Crippen LogP contribution in [0.2, 0.25) is 0 Å². The number of aliphatic hydroxyl groups excluding tert-OH is 2. The highest BCUT2D eigenvalue weighted by atomic mass is 31.2. The van der Waals surface area contributed by atoms with Crippen molar-refractivity contribution in [2.45, 2.75) is 89.7 Å². The zero-order valence-corrected chi connectivity index (χ0v) is 28.5. The Morgan fingerprint density at radius 2 is 1.73 bits per heavy atom. The van der Waals surface area contributed by atoms with Gasteiger partial charge >= 0.3 is 19.8 Å². The number of fused-ring (bicyclic) bond motifs is 2.